The van der Waals surface area contributed by atoms with Gasteiger partial charge in [0.1, 0.15) is 10.8 Å². The number of sulfone groups is 2. The van der Waals surface area contributed by atoms with Crippen molar-refractivity contribution in [2.24, 2.45) is 0 Å². The van der Waals surface area contributed by atoms with E-state index >= 15 is 0 Å². The first-order valence-corrected chi connectivity index (χ1v) is 10.7. The van der Waals surface area contributed by atoms with E-state index in [0.29, 0.717) is 10.9 Å². The van der Waals surface area contributed by atoms with E-state index in [0.717, 1.165) is 17.6 Å². The summed E-state index contributed by atoms with van der Waals surface area (Å²) in [6.07, 6.45) is 2.52. The smallest absolute Gasteiger partial charge is 0.232 e. The van der Waals surface area contributed by atoms with Gasteiger partial charge in [-0.2, -0.15) is 0 Å². The Hall–Kier alpha value is -1.91. The lowest BCUT2D eigenvalue weighted by Gasteiger charge is -2.05. The molecule has 2 aromatic heterocycles. The van der Waals surface area contributed by atoms with Crippen molar-refractivity contribution in [2.45, 2.75) is 15.0 Å². The molecular weight excluding hydrogens is 358 g/mol. The van der Waals surface area contributed by atoms with Crippen LogP contribution in [-0.4, -0.2) is 38.3 Å². The Kier molecular flexibility index (Phi) is 3.90. The van der Waals surface area contributed by atoms with Gasteiger partial charge in [-0.3, -0.25) is 4.98 Å². The van der Waals surface area contributed by atoms with Crippen LogP contribution in [0.15, 0.2) is 45.8 Å². The molecule has 120 valence electrons. The van der Waals surface area contributed by atoms with Crippen LogP contribution in [0.1, 0.15) is 5.01 Å². The summed E-state index contributed by atoms with van der Waals surface area (Å²) < 4.78 is 47.9. The van der Waals surface area contributed by atoms with Gasteiger partial charge in [0.05, 0.1) is 10.4 Å². The Labute approximate surface area is 136 Å². The van der Waals surface area contributed by atoms with Gasteiger partial charge >= 0.3 is 0 Å². The highest BCUT2D eigenvalue weighted by atomic mass is 32.2. The van der Waals surface area contributed by atoms with Crippen LogP contribution in [0.4, 0.5) is 0 Å². The molecule has 2 heterocycles. The molecule has 0 bridgehead atoms. The molecular formula is C13H11N3O4S3. The van der Waals surface area contributed by atoms with Crippen LogP contribution in [-0.2, 0) is 25.4 Å². The Morgan fingerprint density at radius 1 is 1.04 bits per heavy atom. The molecule has 0 amide bonds. The summed E-state index contributed by atoms with van der Waals surface area (Å²) in [6.45, 7) is 0. The Morgan fingerprint density at radius 3 is 2.48 bits per heavy atom. The lowest BCUT2D eigenvalue weighted by atomic mass is 10.2. The Bertz CT molecular complexity index is 1080. The molecule has 0 aliphatic rings. The highest BCUT2D eigenvalue weighted by Gasteiger charge is 2.23. The third kappa shape index (κ3) is 3.23. The molecule has 10 heteroatoms. The molecule has 0 fully saturated rings. The quantitative estimate of drug-likeness (QED) is 0.685. The number of rotatable bonds is 4. The van der Waals surface area contributed by atoms with Gasteiger partial charge in [0.2, 0.25) is 14.2 Å². The fourth-order valence-electron chi connectivity index (χ4n) is 2.01. The van der Waals surface area contributed by atoms with Crippen molar-refractivity contribution in [3.05, 3.63) is 41.5 Å². The maximum absolute atomic E-state index is 12.6. The van der Waals surface area contributed by atoms with Gasteiger partial charge in [-0.1, -0.05) is 29.5 Å². The third-order valence-electron chi connectivity index (χ3n) is 3.01. The first-order valence-electron chi connectivity index (χ1n) is 6.36. The molecule has 23 heavy (non-hydrogen) atoms. The van der Waals surface area contributed by atoms with Crippen molar-refractivity contribution in [1.82, 2.24) is 15.2 Å². The average Bonchev–Trinajstić information content (AvgIpc) is 2.94. The number of benzene rings is 1. The summed E-state index contributed by atoms with van der Waals surface area (Å²) in [7, 11) is -7.22. The van der Waals surface area contributed by atoms with Crippen molar-refractivity contribution < 1.29 is 16.8 Å². The molecule has 3 aromatic rings. The zero-order valence-electron chi connectivity index (χ0n) is 11.9. The first kappa shape index (κ1) is 16.0. The normalized spacial score (nSPS) is 12.6. The highest BCUT2D eigenvalue weighted by Crippen LogP contribution is 2.25. The van der Waals surface area contributed by atoms with E-state index in [9.17, 15) is 16.8 Å². The number of pyridine rings is 1. The minimum atomic E-state index is -3.72. The topological polar surface area (TPSA) is 107 Å². The minimum absolute atomic E-state index is 0.0895. The van der Waals surface area contributed by atoms with Crippen molar-refractivity contribution in [3.63, 3.8) is 0 Å². The number of aromatic nitrogens is 3. The second-order valence-electron chi connectivity index (χ2n) is 4.82. The van der Waals surface area contributed by atoms with Crippen LogP contribution in [0.5, 0.6) is 0 Å². The van der Waals surface area contributed by atoms with Crippen molar-refractivity contribution >= 4 is 41.9 Å². The monoisotopic (exact) mass is 369 g/mol. The van der Waals surface area contributed by atoms with E-state index < -0.39 is 25.4 Å². The first-order chi connectivity index (χ1) is 10.8. The average molecular weight is 369 g/mol. The molecule has 0 spiro atoms. The van der Waals surface area contributed by atoms with Gasteiger partial charge < -0.3 is 0 Å². The predicted octanol–water partition coefficient (Wildman–Crippen LogP) is 1.46. The van der Waals surface area contributed by atoms with Crippen molar-refractivity contribution in [1.29, 1.82) is 0 Å². The van der Waals surface area contributed by atoms with Crippen LogP contribution in [0.3, 0.4) is 0 Å². The second-order valence-corrected chi connectivity index (χ2v) is 10.0. The van der Waals surface area contributed by atoms with Crippen molar-refractivity contribution in [2.75, 3.05) is 6.26 Å². The Morgan fingerprint density at radius 2 is 1.78 bits per heavy atom. The maximum Gasteiger partial charge on any atom is 0.232 e. The molecule has 0 saturated heterocycles. The van der Waals surface area contributed by atoms with Crippen LogP contribution in [0.25, 0.3) is 10.9 Å². The summed E-state index contributed by atoms with van der Waals surface area (Å²) in [4.78, 5) is 4.22. The molecule has 0 N–H and O–H groups in total. The summed E-state index contributed by atoms with van der Waals surface area (Å²) in [5, 5.41) is 8.03. The fraction of sp³-hybridized carbons (Fsp3) is 0.154. The predicted molar refractivity (Wildman–Crippen MR) is 85.7 cm³/mol. The summed E-state index contributed by atoms with van der Waals surface area (Å²) in [5.74, 6) is -0.421. The van der Waals surface area contributed by atoms with Gasteiger partial charge in [-0.15, -0.1) is 10.2 Å². The van der Waals surface area contributed by atoms with Crippen LogP contribution < -0.4 is 0 Å². The molecule has 3 rings (SSSR count). The second kappa shape index (κ2) is 5.62. The standard InChI is InChI=1S/C13H11N3O4S3/c1-22(17,18)13-16-15-11(21-13)8-23(19,20)10-6-2-4-9-5-3-7-14-12(9)10/h2-7H,8H2,1H3. The largest absolute Gasteiger partial charge is 0.255 e. The lowest BCUT2D eigenvalue weighted by molar-refractivity contribution is 0.595. The summed E-state index contributed by atoms with van der Waals surface area (Å²) in [6, 6.07) is 8.38. The van der Waals surface area contributed by atoms with Crippen LogP contribution in [0.2, 0.25) is 0 Å². The van der Waals surface area contributed by atoms with Crippen LogP contribution >= 0.6 is 11.3 Å². The number of hydrogen-bond acceptors (Lipinski definition) is 8. The number of para-hydroxylation sites is 1. The molecule has 0 atom stereocenters. The molecule has 0 aliphatic carbocycles. The number of nitrogens with zero attached hydrogens (tertiary/aromatic N) is 3. The van der Waals surface area contributed by atoms with E-state index in [2.05, 4.69) is 15.2 Å². The SMILES string of the molecule is CS(=O)(=O)c1nnc(CS(=O)(=O)c2cccc3cccnc23)s1. The zero-order valence-corrected chi connectivity index (χ0v) is 14.3. The molecule has 0 radical (unpaired) electrons. The van der Waals surface area contributed by atoms with Crippen LogP contribution in [0, 0.1) is 0 Å². The van der Waals surface area contributed by atoms with Gasteiger partial charge in [0.15, 0.2) is 9.84 Å². The maximum atomic E-state index is 12.6. The third-order valence-corrected chi connectivity index (χ3v) is 7.44. The fourth-order valence-corrected chi connectivity index (χ4v) is 5.45. The van der Waals surface area contributed by atoms with E-state index in [1.54, 1.807) is 24.3 Å². The van der Waals surface area contributed by atoms with Gasteiger partial charge in [-0.25, -0.2) is 16.8 Å². The molecule has 0 saturated carbocycles. The minimum Gasteiger partial charge on any atom is -0.255 e. The van der Waals surface area contributed by atoms with E-state index in [1.165, 1.54) is 12.3 Å². The molecule has 0 aliphatic heterocycles. The van der Waals surface area contributed by atoms with E-state index in [1.807, 2.05) is 0 Å². The molecule has 0 unspecified atom stereocenters. The highest BCUT2D eigenvalue weighted by molar-refractivity contribution is 7.93. The van der Waals surface area contributed by atoms with Gasteiger partial charge in [0.25, 0.3) is 0 Å². The Balaban J connectivity index is 2.03. The molecule has 1 aromatic carbocycles. The van der Waals surface area contributed by atoms with Gasteiger partial charge in [0, 0.05) is 17.8 Å². The lowest BCUT2D eigenvalue weighted by Crippen LogP contribution is -2.06. The van der Waals surface area contributed by atoms with Crippen molar-refractivity contribution in [3.8, 4) is 0 Å². The van der Waals surface area contributed by atoms with Gasteiger partial charge in [-0.05, 0) is 12.1 Å². The van der Waals surface area contributed by atoms with E-state index in [-0.39, 0.29) is 14.2 Å². The number of fused-ring (bicyclic) bond motifs is 1. The zero-order chi connectivity index (χ0) is 16.7. The molecule has 7 nitrogen and oxygen atoms in total. The summed E-state index contributed by atoms with van der Waals surface area (Å²) in [5.41, 5.74) is 0.378. The van der Waals surface area contributed by atoms with E-state index in [4.69, 9.17) is 0 Å². The number of hydrogen-bond donors (Lipinski definition) is 0. The summed E-state index contributed by atoms with van der Waals surface area (Å²) >= 11 is 0.757.